The first kappa shape index (κ1) is 22.5. The summed E-state index contributed by atoms with van der Waals surface area (Å²) in [6.07, 6.45) is 1.95. The molecule has 0 radical (unpaired) electrons. The maximum atomic E-state index is 5.56. The van der Waals surface area contributed by atoms with E-state index in [2.05, 4.69) is 46.8 Å². The zero-order chi connectivity index (χ0) is 20.6. The Kier molecular flexibility index (Phi) is 8.73. The van der Waals surface area contributed by atoms with Crippen molar-refractivity contribution in [3.05, 3.63) is 33.0 Å². The minimum Gasteiger partial charge on any atom is -0.329 e. The van der Waals surface area contributed by atoms with Crippen LogP contribution >= 0.6 is 34.0 Å². The van der Waals surface area contributed by atoms with Gasteiger partial charge in [0.25, 0.3) is 0 Å². The summed E-state index contributed by atoms with van der Waals surface area (Å²) in [5.41, 5.74) is 13.8. The first-order valence-corrected chi connectivity index (χ1v) is 12.4. The lowest BCUT2D eigenvalue weighted by atomic mass is 10.2. The predicted molar refractivity (Wildman–Crippen MR) is 127 cm³/mol. The molecule has 0 aliphatic carbocycles. The van der Waals surface area contributed by atoms with E-state index in [0.717, 1.165) is 49.0 Å². The van der Waals surface area contributed by atoms with Gasteiger partial charge < -0.3 is 22.1 Å². The zero-order valence-corrected chi connectivity index (χ0v) is 19.5. The van der Waals surface area contributed by atoms with Gasteiger partial charge in [-0.05, 0) is 63.0 Å². The van der Waals surface area contributed by atoms with Crippen molar-refractivity contribution in [2.24, 2.45) is 11.5 Å². The van der Waals surface area contributed by atoms with E-state index >= 15 is 0 Å². The monoisotopic (exact) mass is 450 g/mol. The van der Waals surface area contributed by atoms with Gasteiger partial charge in [0.1, 0.15) is 0 Å². The predicted octanol–water partition coefficient (Wildman–Crippen LogP) is 2.79. The molecule has 0 amide bonds. The minimum atomic E-state index is 0.666. The van der Waals surface area contributed by atoms with Crippen LogP contribution in [-0.2, 0) is 12.8 Å². The van der Waals surface area contributed by atoms with Gasteiger partial charge in [0.2, 0.25) is 0 Å². The van der Waals surface area contributed by atoms with E-state index in [9.17, 15) is 0 Å². The molecule has 0 aliphatic heterocycles. The third kappa shape index (κ3) is 6.14. The molecule has 6 N–H and O–H groups in total. The molecule has 0 fully saturated rings. The Morgan fingerprint density at radius 2 is 1.17 bits per heavy atom. The Morgan fingerprint density at radius 3 is 1.59 bits per heavy atom. The molecule has 0 spiro atoms. The van der Waals surface area contributed by atoms with Crippen molar-refractivity contribution in [1.29, 1.82) is 0 Å². The van der Waals surface area contributed by atoms with E-state index in [1.807, 2.05) is 0 Å². The second-order valence-electron chi connectivity index (χ2n) is 6.91. The molecule has 0 aliphatic rings. The van der Waals surface area contributed by atoms with Crippen LogP contribution in [0.3, 0.4) is 0 Å². The van der Waals surface area contributed by atoms with Crippen molar-refractivity contribution in [3.8, 4) is 19.8 Å². The van der Waals surface area contributed by atoms with E-state index in [4.69, 9.17) is 11.5 Å². The summed E-state index contributed by atoms with van der Waals surface area (Å²) in [5, 5.41) is 17.9. The summed E-state index contributed by atoms with van der Waals surface area (Å²) < 4.78 is 0. The van der Waals surface area contributed by atoms with E-state index < -0.39 is 0 Å². The molecule has 0 bridgehead atoms. The minimum absolute atomic E-state index is 0.666. The van der Waals surface area contributed by atoms with Crippen LogP contribution < -0.4 is 22.1 Å². The van der Waals surface area contributed by atoms with E-state index in [1.54, 1.807) is 34.0 Å². The molecular weight excluding hydrogens is 420 g/mol. The zero-order valence-electron chi connectivity index (χ0n) is 17.1. The first-order valence-electron chi connectivity index (χ1n) is 9.96. The van der Waals surface area contributed by atoms with Gasteiger partial charge in [0.15, 0.2) is 10.0 Å². The third-order valence-electron chi connectivity index (χ3n) is 4.46. The Bertz CT molecular complexity index is 827. The highest BCUT2D eigenvalue weighted by Crippen LogP contribution is 2.40. The van der Waals surface area contributed by atoms with Gasteiger partial charge in [-0.3, -0.25) is 0 Å². The average Bonchev–Trinajstić information content (AvgIpc) is 3.40. The number of aromatic nitrogens is 2. The fourth-order valence-corrected chi connectivity index (χ4v) is 6.35. The fourth-order valence-electron chi connectivity index (χ4n) is 3.17. The van der Waals surface area contributed by atoms with Crippen LogP contribution in [0.4, 0.5) is 0 Å². The molecule has 6 nitrogen and oxygen atoms in total. The molecule has 9 heteroatoms. The summed E-state index contributed by atoms with van der Waals surface area (Å²) in [7, 11) is 0. The number of thiophene rings is 2. The molecule has 0 saturated carbocycles. The maximum absolute atomic E-state index is 5.56. The van der Waals surface area contributed by atoms with Crippen LogP contribution in [0.15, 0.2) is 12.1 Å². The van der Waals surface area contributed by atoms with Gasteiger partial charge in [-0.1, -0.05) is 11.3 Å². The quantitative estimate of drug-likeness (QED) is 0.317. The van der Waals surface area contributed by atoms with Crippen molar-refractivity contribution in [1.82, 2.24) is 20.8 Å². The average molecular weight is 451 g/mol. The highest BCUT2D eigenvalue weighted by molar-refractivity contribution is 7.26. The number of rotatable bonds is 12. The van der Waals surface area contributed by atoms with Crippen LogP contribution in [-0.4, -0.2) is 49.5 Å². The van der Waals surface area contributed by atoms with Crippen LogP contribution in [0.25, 0.3) is 19.8 Å². The van der Waals surface area contributed by atoms with Crippen molar-refractivity contribution in [2.45, 2.75) is 26.7 Å². The number of hydrogen-bond donors (Lipinski definition) is 4. The summed E-state index contributed by atoms with van der Waals surface area (Å²) in [6.45, 7) is 9.19. The second-order valence-corrected chi connectivity index (χ2v) is 10.4. The van der Waals surface area contributed by atoms with Crippen molar-refractivity contribution in [2.75, 3.05) is 39.3 Å². The van der Waals surface area contributed by atoms with E-state index in [1.165, 1.54) is 30.6 Å². The van der Waals surface area contributed by atoms with Gasteiger partial charge in [0.05, 0.1) is 9.75 Å². The maximum Gasteiger partial charge on any atom is 0.158 e. The smallest absolute Gasteiger partial charge is 0.158 e. The lowest BCUT2D eigenvalue weighted by Gasteiger charge is -2.03. The topological polar surface area (TPSA) is 102 Å². The molecule has 0 aromatic carbocycles. The highest BCUT2D eigenvalue weighted by atomic mass is 32.1. The first-order chi connectivity index (χ1) is 14.1. The van der Waals surface area contributed by atoms with Crippen LogP contribution in [0.5, 0.6) is 0 Å². The molecule has 0 unspecified atom stereocenters. The summed E-state index contributed by atoms with van der Waals surface area (Å²) in [4.78, 5) is 5.12. The summed E-state index contributed by atoms with van der Waals surface area (Å²) in [6, 6.07) is 4.55. The Morgan fingerprint density at radius 1 is 0.724 bits per heavy atom. The van der Waals surface area contributed by atoms with Gasteiger partial charge in [-0.15, -0.1) is 32.9 Å². The van der Waals surface area contributed by atoms with Gasteiger partial charge >= 0.3 is 0 Å². The van der Waals surface area contributed by atoms with Crippen LogP contribution in [0.2, 0.25) is 0 Å². The lowest BCUT2D eigenvalue weighted by Crippen LogP contribution is -2.24. The lowest BCUT2D eigenvalue weighted by molar-refractivity contribution is 0.690. The molecular formula is C20H30N6S3. The van der Waals surface area contributed by atoms with Crippen molar-refractivity contribution in [3.63, 3.8) is 0 Å². The summed E-state index contributed by atoms with van der Waals surface area (Å²) >= 11 is 5.31. The van der Waals surface area contributed by atoms with Gasteiger partial charge in [-0.2, -0.15) is 0 Å². The number of aryl methyl sites for hydroxylation is 2. The molecule has 3 aromatic rings. The Balaban J connectivity index is 1.76. The van der Waals surface area contributed by atoms with Crippen LogP contribution in [0.1, 0.15) is 20.9 Å². The van der Waals surface area contributed by atoms with Gasteiger partial charge in [0, 0.05) is 35.9 Å². The molecule has 3 aromatic heterocycles. The molecule has 3 rings (SSSR count). The SMILES string of the molecule is Cc1cc(CCNCCN)c(-c2nnc(-c3sc(C)cc3CCNCCN)s2)s1. The second kappa shape index (κ2) is 11.3. The van der Waals surface area contributed by atoms with E-state index in [-0.39, 0.29) is 0 Å². The van der Waals surface area contributed by atoms with Crippen LogP contribution in [0, 0.1) is 13.8 Å². The molecule has 0 saturated heterocycles. The highest BCUT2D eigenvalue weighted by Gasteiger charge is 2.18. The summed E-state index contributed by atoms with van der Waals surface area (Å²) in [5.74, 6) is 0. The molecule has 158 valence electrons. The Hall–Kier alpha value is -1.20. The standard InChI is InChI=1S/C20H30N6S3/c1-13-11-15(3-7-23-9-5-21)17(27-13)19-25-26-20(29-19)18-16(12-14(2)28-18)4-8-24-10-6-22/h11-12,23-24H,3-10,21-22H2,1-2H3. The Labute approximate surface area is 184 Å². The third-order valence-corrected chi connectivity index (χ3v) is 7.88. The number of nitrogens with two attached hydrogens (primary N) is 2. The van der Waals surface area contributed by atoms with Crippen molar-refractivity contribution >= 4 is 34.0 Å². The number of nitrogens with zero attached hydrogens (tertiary/aromatic N) is 2. The van der Waals surface area contributed by atoms with Gasteiger partial charge in [-0.25, -0.2) is 0 Å². The van der Waals surface area contributed by atoms with E-state index in [0.29, 0.717) is 13.1 Å². The molecule has 0 atom stereocenters. The number of nitrogens with one attached hydrogen (secondary N) is 2. The fraction of sp³-hybridized carbons (Fsp3) is 0.500. The van der Waals surface area contributed by atoms with Crippen molar-refractivity contribution < 1.29 is 0 Å². The largest absolute Gasteiger partial charge is 0.329 e. The molecule has 29 heavy (non-hydrogen) atoms. The number of hydrogen-bond acceptors (Lipinski definition) is 9. The molecule has 3 heterocycles. The normalized spacial score (nSPS) is 11.4.